The largest absolute Gasteiger partial charge is 0.421 e. The Kier molecular flexibility index (Phi) is 5.06. The summed E-state index contributed by atoms with van der Waals surface area (Å²) in [4.78, 5) is 11.8. The fraction of sp³-hybridized carbons (Fsp3) is 0.471. The van der Waals surface area contributed by atoms with Crippen molar-refractivity contribution in [3.05, 3.63) is 42.0 Å². The molecule has 1 aliphatic rings. The summed E-state index contributed by atoms with van der Waals surface area (Å²) in [5.74, 6) is -0.403. The second-order valence-corrected chi connectivity index (χ2v) is 5.58. The number of halogens is 3. The van der Waals surface area contributed by atoms with Gasteiger partial charge in [-0.2, -0.15) is 13.2 Å². The van der Waals surface area contributed by atoms with Crippen LogP contribution in [0.5, 0.6) is 0 Å². The number of Topliss-reactive ketones (excluding diaryl/α,β-unsaturated/α-hetero) is 1. The van der Waals surface area contributed by atoms with E-state index in [9.17, 15) is 18.0 Å². The van der Waals surface area contributed by atoms with Crippen LogP contribution in [0.4, 0.5) is 13.2 Å². The molecule has 0 aliphatic carbocycles. The average Bonchev–Trinajstić information content (AvgIpc) is 2.45. The molecular weight excluding hydrogens is 293 g/mol. The molecule has 1 aliphatic heterocycles. The molecule has 0 aromatic heterocycles. The van der Waals surface area contributed by atoms with Gasteiger partial charge in [0.25, 0.3) is 0 Å². The van der Waals surface area contributed by atoms with E-state index in [0.29, 0.717) is 18.4 Å². The van der Waals surface area contributed by atoms with Gasteiger partial charge in [-0.05, 0) is 18.1 Å². The third-order valence-electron chi connectivity index (χ3n) is 3.73. The molecular formula is C17H19F3O2. The van der Waals surface area contributed by atoms with Gasteiger partial charge < -0.3 is 4.74 Å². The molecule has 120 valence electrons. The SMILES string of the molecule is CCC[C@@H]1CC(=O)CC(/C=C/c2ccccc2)(C(F)(F)F)O1. The van der Waals surface area contributed by atoms with Crippen molar-refractivity contribution in [3.63, 3.8) is 0 Å². The van der Waals surface area contributed by atoms with Crippen molar-refractivity contribution in [2.24, 2.45) is 0 Å². The van der Waals surface area contributed by atoms with Gasteiger partial charge in [-0.1, -0.05) is 49.8 Å². The minimum atomic E-state index is -4.62. The molecule has 1 aromatic rings. The number of carbonyl (C=O) groups is 1. The first-order chi connectivity index (χ1) is 10.4. The third kappa shape index (κ3) is 3.77. The molecule has 22 heavy (non-hydrogen) atoms. The van der Waals surface area contributed by atoms with Gasteiger partial charge in [0, 0.05) is 12.8 Å². The van der Waals surface area contributed by atoms with Crippen LogP contribution in [0.2, 0.25) is 0 Å². The van der Waals surface area contributed by atoms with E-state index in [1.165, 1.54) is 6.08 Å². The number of carbonyl (C=O) groups excluding carboxylic acids is 1. The van der Waals surface area contributed by atoms with Crippen molar-refractivity contribution in [3.8, 4) is 0 Å². The molecule has 0 saturated carbocycles. The minimum Gasteiger partial charge on any atom is -0.357 e. The van der Waals surface area contributed by atoms with E-state index in [4.69, 9.17) is 4.74 Å². The second kappa shape index (κ2) is 6.65. The average molecular weight is 312 g/mol. The van der Waals surface area contributed by atoms with Gasteiger partial charge in [0.1, 0.15) is 5.78 Å². The Labute approximate surface area is 128 Å². The highest BCUT2D eigenvalue weighted by Gasteiger charge is 2.58. The summed E-state index contributed by atoms with van der Waals surface area (Å²) >= 11 is 0. The van der Waals surface area contributed by atoms with Crippen LogP contribution in [0, 0.1) is 0 Å². The summed E-state index contributed by atoms with van der Waals surface area (Å²) in [5, 5.41) is 0. The van der Waals surface area contributed by atoms with E-state index in [1.54, 1.807) is 30.3 Å². The molecule has 2 atom stereocenters. The third-order valence-corrected chi connectivity index (χ3v) is 3.73. The summed E-state index contributed by atoms with van der Waals surface area (Å²) in [6, 6.07) is 8.68. The van der Waals surface area contributed by atoms with Crippen LogP contribution in [0.1, 0.15) is 38.2 Å². The molecule has 1 fully saturated rings. The van der Waals surface area contributed by atoms with E-state index in [2.05, 4.69) is 0 Å². The van der Waals surface area contributed by atoms with Crippen molar-refractivity contribution in [2.45, 2.75) is 50.5 Å². The standard InChI is InChI=1S/C17H19F3O2/c1-2-6-15-11-14(21)12-16(22-15,17(18,19)20)10-9-13-7-4-3-5-8-13/h3-5,7-10,15H,2,6,11-12H2,1H3/b10-9+/t15-,16?/m1/s1. The number of hydrogen-bond acceptors (Lipinski definition) is 2. The van der Waals surface area contributed by atoms with Crippen LogP contribution in [0.25, 0.3) is 6.08 Å². The molecule has 5 heteroatoms. The number of ketones is 1. The fourth-order valence-corrected chi connectivity index (χ4v) is 2.64. The van der Waals surface area contributed by atoms with Crippen LogP contribution in [0.3, 0.4) is 0 Å². The van der Waals surface area contributed by atoms with Crippen molar-refractivity contribution >= 4 is 11.9 Å². The zero-order valence-electron chi connectivity index (χ0n) is 12.4. The first kappa shape index (κ1) is 16.7. The second-order valence-electron chi connectivity index (χ2n) is 5.58. The Bertz CT molecular complexity index is 537. The lowest BCUT2D eigenvalue weighted by molar-refractivity contribution is -0.278. The summed E-state index contributed by atoms with van der Waals surface area (Å²) in [5.41, 5.74) is -1.88. The topological polar surface area (TPSA) is 26.3 Å². The number of ether oxygens (including phenoxy) is 1. The number of hydrogen-bond donors (Lipinski definition) is 0. The van der Waals surface area contributed by atoms with Crippen molar-refractivity contribution in [1.29, 1.82) is 0 Å². The molecule has 0 amide bonds. The maximum atomic E-state index is 13.6. The highest BCUT2D eigenvalue weighted by Crippen LogP contribution is 2.43. The summed E-state index contributed by atoms with van der Waals surface area (Å²) in [6.07, 6.45) is -2.41. The quantitative estimate of drug-likeness (QED) is 0.815. The van der Waals surface area contributed by atoms with Gasteiger partial charge in [-0.3, -0.25) is 4.79 Å². The lowest BCUT2D eigenvalue weighted by Crippen LogP contribution is -2.53. The van der Waals surface area contributed by atoms with Gasteiger partial charge in [-0.25, -0.2) is 0 Å². The van der Waals surface area contributed by atoms with Gasteiger partial charge in [0.05, 0.1) is 6.10 Å². The smallest absolute Gasteiger partial charge is 0.357 e. The minimum absolute atomic E-state index is 0.0604. The Hall–Kier alpha value is -1.62. The van der Waals surface area contributed by atoms with Crippen molar-refractivity contribution in [1.82, 2.24) is 0 Å². The summed E-state index contributed by atoms with van der Waals surface area (Å²) in [6.45, 7) is 1.86. The summed E-state index contributed by atoms with van der Waals surface area (Å²) < 4.78 is 46.0. The van der Waals surface area contributed by atoms with E-state index in [0.717, 1.165) is 6.08 Å². The predicted octanol–water partition coefficient (Wildman–Crippen LogP) is 4.55. The maximum absolute atomic E-state index is 13.6. The molecule has 0 radical (unpaired) electrons. The van der Waals surface area contributed by atoms with Gasteiger partial charge in [0.15, 0.2) is 5.60 Å². The van der Waals surface area contributed by atoms with E-state index < -0.39 is 30.1 Å². The first-order valence-corrected chi connectivity index (χ1v) is 7.37. The monoisotopic (exact) mass is 312 g/mol. The van der Waals surface area contributed by atoms with Gasteiger partial charge >= 0.3 is 6.18 Å². The fourth-order valence-electron chi connectivity index (χ4n) is 2.64. The highest BCUT2D eigenvalue weighted by molar-refractivity contribution is 5.81. The van der Waals surface area contributed by atoms with Crippen LogP contribution < -0.4 is 0 Å². The first-order valence-electron chi connectivity index (χ1n) is 7.37. The van der Waals surface area contributed by atoms with Crippen LogP contribution in [-0.2, 0) is 9.53 Å². The molecule has 1 unspecified atom stereocenters. The van der Waals surface area contributed by atoms with E-state index in [1.807, 2.05) is 6.92 Å². The molecule has 1 saturated heterocycles. The number of rotatable bonds is 4. The highest BCUT2D eigenvalue weighted by atomic mass is 19.4. The lowest BCUT2D eigenvalue weighted by Gasteiger charge is -2.39. The molecule has 1 heterocycles. The number of benzene rings is 1. The molecule has 1 aromatic carbocycles. The van der Waals surface area contributed by atoms with Crippen LogP contribution in [0.15, 0.2) is 36.4 Å². The lowest BCUT2D eigenvalue weighted by atomic mass is 9.88. The van der Waals surface area contributed by atoms with Crippen molar-refractivity contribution in [2.75, 3.05) is 0 Å². The molecule has 2 nitrogen and oxygen atoms in total. The molecule has 0 spiro atoms. The Morgan fingerprint density at radius 1 is 1.32 bits per heavy atom. The van der Waals surface area contributed by atoms with E-state index in [-0.39, 0.29) is 6.42 Å². The van der Waals surface area contributed by atoms with Crippen LogP contribution >= 0.6 is 0 Å². The summed E-state index contributed by atoms with van der Waals surface area (Å²) in [7, 11) is 0. The predicted molar refractivity (Wildman–Crippen MR) is 78.3 cm³/mol. The van der Waals surface area contributed by atoms with Crippen molar-refractivity contribution < 1.29 is 22.7 Å². The molecule has 0 N–H and O–H groups in total. The van der Waals surface area contributed by atoms with Gasteiger partial charge in [0.2, 0.25) is 0 Å². The Morgan fingerprint density at radius 3 is 2.59 bits per heavy atom. The van der Waals surface area contributed by atoms with Gasteiger partial charge in [-0.15, -0.1) is 0 Å². The zero-order valence-corrected chi connectivity index (χ0v) is 12.4. The normalized spacial score (nSPS) is 26.5. The molecule has 0 bridgehead atoms. The molecule has 2 rings (SSSR count). The maximum Gasteiger partial charge on any atom is 0.421 e. The van der Waals surface area contributed by atoms with Crippen LogP contribution in [-0.4, -0.2) is 23.7 Å². The van der Waals surface area contributed by atoms with E-state index >= 15 is 0 Å². The zero-order chi connectivity index (χ0) is 16.2. The Morgan fingerprint density at radius 2 is 2.00 bits per heavy atom. The Balaban J connectivity index is 2.32. The number of alkyl halides is 3.